The molecule has 0 atom stereocenters. The average molecular weight is 206 g/mol. The van der Waals surface area contributed by atoms with Crippen molar-refractivity contribution < 1.29 is 38.9 Å². The van der Waals surface area contributed by atoms with Crippen LogP contribution in [-0.2, 0) is 28.7 Å². The molecule has 0 amide bonds. The Hall–Kier alpha value is -2.12. The number of aliphatic carboxylic acids is 2. The first kappa shape index (κ1) is 11.9. The van der Waals surface area contributed by atoms with Gasteiger partial charge in [0.2, 0.25) is 0 Å². The number of carbonyl (C=O) groups excluding carboxylic acids is 2. The molecule has 8 nitrogen and oxygen atoms in total. The lowest BCUT2D eigenvalue weighted by molar-refractivity contribution is -0.169. The molecule has 0 aromatic heterocycles. The molecule has 0 bridgehead atoms. The maximum Gasteiger partial charge on any atom is 0.417 e. The fourth-order valence-corrected chi connectivity index (χ4v) is 0.392. The maximum atomic E-state index is 10.2. The molecular weight excluding hydrogens is 200 g/mol. The molecule has 0 aliphatic carbocycles. The third kappa shape index (κ3) is 4.70. The van der Waals surface area contributed by atoms with Gasteiger partial charge in [0.1, 0.15) is 13.2 Å². The predicted octanol–water partition coefficient (Wildman–Crippen LogP) is -1.76. The van der Waals surface area contributed by atoms with Gasteiger partial charge in [-0.2, -0.15) is 0 Å². The highest BCUT2D eigenvalue weighted by Gasteiger charge is 2.15. The first-order chi connectivity index (χ1) is 6.45. The zero-order valence-electron chi connectivity index (χ0n) is 6.76. The van der Waals surface area contributed by atoms with Gasteiger partial charge >= 0.3 is 23.9 Å². The fourth-order valence-electron chi connectivity index (χ4n) is 0.392. The molecule has 14 heavy (non-hydrogen) atoms. The van der Waals surface area contributed by atoms with Crippen LogP contribution in [0.3, 0.4) is 0 Å². The van der Waals surface area contributed by atoms with Crippen LogP contribution < -0.4 is 0 Å². The largest absolute Gasteiger partial charge is 0.473 e. The molecule has 0 aliphatic rings. The van der Waals surface area contributed by atoms with Crippen LogP contribution in [0.1, 0.15) is 0 Å². The number of ether oxygens (including phenoxy) is 2. The quantitative estimate of drug-likeness (QED) is 0.316. The van der Waals surface area contributed by atoms with Gasteiger partial charge in [-0.1, -0.05) is 0 Å². The lowest BCUT2D eigenvalue weighted by atomic mass is 10.6. The third-order valence-electron chi connectivity index (χ3n) is 0.899. The van der Waals surface area contributed by atoms with Gasteiger partial charge in [0, 0.05) is 0 Å². The summed E-state index contributed by atoms with van der Waals surface area (Å²) < 4.78 is 8.05. The summed E-state index contributed by atoms with van der Waals surface area (Å²) in [5.74, 6) is -6.57. The summed E-state index contributed by atoms with van der Waals surface area (Å²) in [4.78, 5) is 40.2. The van der Waals surface area contributed by atoms with E-state index in [1.165, 1.54) is 0 Å². The Morgan fingerprint density at radius 2 is 1.07 bits per heavy atom. The number of esters is 2. The minimum absolute atomic E-state index is 0.510. The van der Waals surface area contributed by atoms with Crippen LogP contribution >= 0.6 is 0 Å². The Bertz CT molecular complexity index is 239. The summed E-state index contributed by atoms with van der Waals surface area (Å²) >= 11 is 0. The summed E-state index contributed by atoms with van der Waals surface area (Å²) in [5, 5.41) is 16.0. The SMILES string of the molecule is O=C(O)C(=O)OCCOC(=O)C(=O)O. The van der Waals surface area contributed by atoms with Crippen molar-refractivity contribution >= 4 is 23.9 Å². The van der Waals surface area contributed by atoms with Gasteiger partial charge in [-0.25, -0.2) is 19.2 Å². The minimum Gasteiger partial charge on any atom is -0.473 e. The third-order valence-corrected chi connectivity index (χ3v) is 0.899. The molecule has 0 aromatic rings. The summed E-state index contributed by atoms with van der Waals surface area (Å²) in [6.45, 7) is -1.02. The molecule has 0 rings (SSSR count). The number of carboxylic acids is 2. The van der Waals surface area contributed by atoms with Gasteiger partial charge in [-0.15, -0.1) is 0 Å². The van der Waals surface area contributed by atoms with Crippen molar-refractivity contribution in [3.8, 4) is 0 Å². The van der Waals surface area contributed by atoms with Crippen molar-refractivity contribution in [2.24, 2.45) is 0 Å². The van der Waals surface area contributed by atoms with E-state index < -0.39 is 37.1 Å². The molecule has 8 heteroatoms. The van der Waals surface area contributed by atoms with Crippen molar-refractivity contribution in [2.75, 3.05) is 13.2 Å². The molecule has 0 saturated carbocycles. The van der Waals surface area contributed by atoms with Crippen LogP contribution in [0.5, 0.6) is 0 Å². The van der Waals surface area contributed by atoms with Crippen LogP contribution in [0.4, 0.5) is 0 Å². The van der Waals surface area contributed by atoms with E-state index in [-0.39, 0.29) is 0 Å². The van der Waals surface area contributed by atoms with Crippen molar-refractivity contribution in [3.63, 3.8) is 0 Å². The molecule has 0 aliphatic heterocycles. The van der Waals surface area contributed by atoms with Crippen molar-refractivity contribution in [3.05, 3.63) is 0 Å². The van der Waals surface area contributed by atoms with Gasteiger partial charge in [0.25, 0.3) is 0 Å². The molecule has 0 unspecified atom stereocenters. The fraction of sp³-hybridized carbons (Fsp3) is 0.333. The van der Waals surface area contributed by atoms with E-state index in [9.17, 15) is 19.2 Å². The molecule has 0 heterocycles. The second-order valence-corrected chi connectivity index (χ2v) is 1.88. The van der Waals surface area contributed by atoms with Crippen molar-refractivity contribution in [1.82, 2.24) is 0 Å². The minimum atomic E-state index is -1.78. The van der Waals surface area contributed by atoms with Gasteiger partial charge in [-0.05, 0) is 0 Å². The molecule has 0 spiro atoms. The number of carboxylic acid groups (broad SMARTS) is 2. The number of hydrogen-bond donors (Lipinski definition) is 2. The van der Waals surface area contributed by atoms with Crippen molar-refractivity contribution in [2.45, 2.75) is 0 Å². The van der Waals surface area contributed by atoms with E-state index in [0.717, 1.165) is 0 Å². The average Bonchev–Trinajstić information content (AvgIpc) is 2.11. The van der Waals surface area contributed by atoms with Crippen LogP contribution in [0.25, 0.3) is 0 Å². The Labute approximate surface area is 77.0 Å². The van der Waals surface area contributed by atoms with Gasteiger partial charge in [0.05, 0.1) is 0 Å². The summed E-state index contributed by atoms with van der Waals surface area (Å²) in [6.07, 6.45) is 0. The Kier molecular flexibility index (Phi) is 4.68. The second-order valence-electron chi connectivity index (χ2n) is 1.88. The van der Waals surface area contributed by atoms with E-state index in [1.54, 1.807) is 0 Å². The van der Waals surface area contributed by atoms with Crippen LogP contribution in [-0.4, -0.2) is 47.3 Å². The first-order valence-electron chi connectivity index (χ1n) is 3.25. The maximum absolute atomic E-state index is 10.2. The topological polar surface area (TPSA) is 127 Å². The number of carbonyl (C=O) groups is 4. The highest BCUT2D eigenvalue weighted by atomic mass is 16.6. The van der Waals surface area contributed by atoms with Gasteiger partial charge in [-0.3, -0.25) is 0 Å². The van der Waals surface area contributed by atoms with E-state index in [4.69, 9.17) is 10.2 Å². The molecular formula is C6H6O8. The van der Waals surface area contributed by atoms with Crippen molar-refractivity contribution in [1.29, 1.82) is 0 Å². The molecule has 2 N–H and O–H groups in total. The van der Waals surface area contributed by atoms with Crippen LogP contribution in [0.2, 0.25) is 0 Å². The normalized spacial score (nSPS) is 8.86. The van der Waals surface area contributed by atoms with E-state index in [1.807, 2.05) is 0 Å². The lowest BCUT2D eigenvalue weighted by Gasteiger charge is -2.01. The summed E-state index contributed by atoms with van der Waals surface area (Å²) in [7, 11) is 0. The molecule has 0 aromatic carbocycles. The van der Waals surface area contributed by atoms with E-state index in [0.29, 0.717) is 0 Å². The monoisotopic (exact) mass is 206 g/mol. The molecule has 0 saturated heterocycles. The summed E-state index contributed by atoms with van der Waals surface area (Å²) in [6, 6.07) is 0. The Morgan fingerprint density at radius 3 is 1.29 bits per heavy atom. The zero-order chi connectivity index (χ0) is 11.1. The van der Waals surface area contributed by atoms with E-state index in [2.05, 4.69) is 9.47 Å². The van der Waals surface area contributed by atoms with E-state index >= 15 is 0 Å². The number of hydrogen-bond acceptors (Lipinski definition) is 6. The smallest absolute Gasteiger partial charge is 0.417 e. The number of rotatable bonds is 3. The van der Waals surface area contributed by atoms with Gasteiger partial charge in [0.15, 0.2) is 0 Å². The standard InChI is InChI=1S/C6H6O8/c7-3(8)5(11)13-1-2-14-6(12)4(9)10/h1-2H2,(H,7,8)(H,9,10). The predicted molar refractivity (Wildman–Crippen MR) is 37.2 cm³/mol. The Morgan fingerprint density at radius 1 is 0.786 bits per heavy atom. The summed E-state index contributed by atoms with van der Waals surface area (Å²) in [5.41, 5.74) is 0. The first-order valence-corrected chi connectivity index (χ1v) is 3.25. The molecule has 0 fully saturated rings. The Balaban J connectivity index is 3.57. The highest BCUT2D eigenvalue weighted by molar-refractivity contribution is 6.29. The highest BCUT2D eigenvalue weighted by Crippen LogP contribution is 1.82. The lowest BCUT2D eigenvalue weighted by Crippen LogP contribution is -2.22. The molecule has 0 radical (unpaired) electrons. The van der Waals surface area contributed by atoms with Crippen LogP contribution in [0, 0.1) is 0 Å². The zero-order valence-corrected chi connectivity index (χ0v) is 6.76. The van der Waals surface area contributed by atoms with Gasteiger partial charge < -0.3 is 19.7 Å². The second kappa shape index (κ2) is 5.51. The molecule has 78 valence electrons. The van der Waals surface area contributed by atoms with Crippen LogP contribution in [0.15, 0.2) is 0 Å².